The predicted molar refractivity (Wildman–Crippen MR) is 130 cm³/mol. The molecule has 36 heavy (non-hydrogen) atoms. The van der Waals surface area contributed by atoms with E-state index >= 15 is 0 Å². The molecule has 0 spiro atoms. The molecule has 2 N–H and O–H groups in total. The number of aliphatic hydroxyl groups excluding tert-OH is 1. The van der Waals surface area contributed by atoms with Gasteiger partial charge in [0.2, 0.25) is 17.6 Å². The molecular formula is C25H31FN6O4. The number of aliphatic hydroxyl groups is 1. The molecule has 2 amide bonds. The van der Waals surface area contributed by atoms with E-state index in [9.17, 15) is 19.1 Å². The average Bonchev–Trinajstić information content (AvgIpc) is 3.29. The maximum atomic E-state index is 13.5. The Balaban J connectivity index is 1.91. The Morgan fingerprint density at radius 1 is 1.14 bits per heavy atom. The lowest BCUT2D eigenvalue weighted by Gasteiger charge is -2.33. The first-order chi connectivity index (χ1) is 17.1. The van der Waals surface area contributed by atoms with Gasteiger partial charge in [-0.3, -0.25) is 9.59 Å². The van der Waals surface area contributed by atoms with Gasteiger partial charge in [-0.25, -0.2) is 4.39 Å². The molecule has 0 aliphatic carbocycles. The van der Waals surface area contributed by atoms with Gasteiger partial charge in [-0.1, -0.05) is 12.1 Å². The maximum Gasteiger partial charge on any atom is 0.247 e. The molecule has 0 aliphatic rings. The number of carbonyl (C=O) groups excluding carboxylic acids is 2. The molecule has 10 nitrogen and oxygen atoms in total. The van der Waals surface area contributed by atoms with Crippen molar-refractivity contribution in [2.75, 3.05) is 20.3 Å². The number of rotatable bonds is 10. The molecule has 2 aromatic carbocycles. The van der Waals surface area contributed by atoms with E-state index in [1.165, 1.54) is 29.2 Å². The van der Waals surface area contributed by atoms with Crippen LogP contribution in [0.25, 0.3) is 11.4 Å². The lowest BCUT2D eigenvalue weighted by Crippen LogP contribution is -2.50. The van der Waals surface area contributed by atoms with Crippen molar-refractivity contribution in [3.8, 4) is 17.1 Å². The summed E-state index contributed by atoms with van der Waals surface area (Å²) in [5.41, 5.74) is 0.598. The zero-order valence-corrected chi connectivity index (χ0v) is 20.8. The molecule has 0 unspecified atom stereocenters. The molecule has 0 saturated carbocycles. The molecule has 0 bridgehead atoms. The van der Waals surface area contributed by atoms with Gasteiger partial charge in [-0.2, -0.15) is 4.80 Å². The smallest absolute Gasteiger partial charge is 0.247 e. The van der Waals surface area contributed by atoms with Crippen molar-refractivity contribution in [1.82, 2.24) is 30.4 Å². The summed E-state index contributed by atoms with van der Waals surface area (Å²) in [5, 5.41) is 24.5. The summed E-state index contributed by atoms with van der Waals surface area (Å²) in [7, 11) is 1.54. The van der Waals surface area contributed by atoms with E-state index in [0.29, 0.717) is 16.9 Å². The monoisotopic (exact) mass is 498 g/mol. The third kappa shape index (κ3) is 7.08. The molecule has 3 aromatic rings. The minimum Gasteiger partial charge on any atom is -0.497 e. The predicted octanol–water partition coefficient (Wildman–Crippen LogP) is 2.35. The van der Waals surface area contributed by atoms with Crippen LogP contribution < -0.4 is 10.1 Å². The van der Waals surface area contributed by atoms with Crippen LogP contribution in [0.5, 0.6) is 5.75 Å². The second-order valence-electron chi connectivity index (χ2n) is 9.23. The van der Waals surface area contributed by atoms with Gasteiger partial charge in [-0.15, -0.1) is 10.2 Å². The van der Waals surface area contributed by atoms with Crippen LogP contribution in [-0.2, 0) is 16.1 Å². The number of hydrogen-bond donors (Lipinski definition) is 2. The quantitative estimate of drug-likeness (QED) is 0.440. The standard InChI is InChI=1S/C25H31FN6O4/c1-25(2,3)27-24(35)22(17-8-12-20(36-4)13-9-17)31(14-5-15-33)21(34)16-32-29-23(28-30-32)18-6-10-19(26)11-7-18/h6-13,22,33H,5,14-16H2,1-4H3,(H,27,35)/t22-/m1/s1. The van der Waals surface area contributed by atoms with Gasteiger partial charge >= 0.3 is 0 Å². The Hall–Kier alpha value is -3.86. The fourth-order valence-electron chi connectivity index (χ4n) is 3.57. The Morgan fingerprint density at radius 2 is 1.81 bits per heavy atom. The van der Waals surface area contributed by atoms with Gasteiger partial charge in [0.05, 0.1) is 7.11 Å². The molecule has 0 radical (unpaired) electrons. The van der Waals surface area contributed by atoms with Gasteiger partial charge in [0.15, 0.2) is 0 Å². The summed E-state index contributed by atoms with van der Waals surface area (Å²) in [4.78, 5) is 29.4. The first-order valence-corrected chi connectivity index (χ1v) is 11.5. The fourth-order valence-corrected chi connectivity index (χ4v) is 3.57. The topological polar surface area (TPSA) is 122 Å². The van der Waals surface area contributed by atoms with E-state index in [1.54, 1.807) is 31.4 Å². The molecular weight excluding hydrogens is 467 g/mol. The van der Waals surface area contributed by atoms with Gasteiger partial charge in [0.25, 0.3) is 0 Å². The van der Waals surface area contributed by atoms with Crippen LogP contribution in [0.1, 0.15) is 38.8 Å². The van der Waals surface area contributed by atoms with E-state index < -0.39 is 17.5 Å². The van der Waals surface area contributed by atoms with E-state index in [1.807, 2.05) is 20.8 Å². The van der Waals surface area contributed by atoms with Crippen LogP contribution in [0.15, 0.2) is 48.5 Å². The highest BCUT2D eigenvalue weighted by Gasteiger charge is 2.33. The van der Waals surface area contributed by atoms with Gasteiger partial charge in [-0.05, 0) is 74.4 Å². The Bertz CT molecular complexity index is 1160. The minimum atomic E-state index is -0.964. The molecule has 0 aliphatic heterocycles. The van der Waals surface area contributed by atoms with Crippen molar-refractivity contribution in [1.29, 1.82) is 0 Å². The first kappa shape index (κ1) is 26.7. The van der Waals surface area contributed by atoms with Crippen molar-refractivity contribution >= 4 is 11.8 Å². The van der Waals surface area contributed by atoms with Crippen LogP contribution in [0.2, 0.25) is 0 Å². The third-order valence-corrected chi connectivity index (χ3v) is 5.20. The van der Waals surface area contributed by atoms with Crippen molar-refractivity contribution in [2.45, 2.75) is 45.3 Å². The number of benzene rings is 2. The summed E-state index contributed by atoms with van der Waals surface area (Å²) in [6, 6.07) is 11.5. The maximum absolute atomic E-state index is 13.5. The van der Waals surface area contributed by atoms with E-state index in [-0.39, 0.29) is 43.7 Å². The molecule has 3 rings (SSSR count). The summed E-state index contributed by atoms with van der Waals surface area (Å²) >= 11 is 0. The highest BCUT2D eigenvalue weighted by atomic mass is 19.1. The van der Waals surface area contributed by atoms with Crippen molar-refractivity contribution in [3.05, 3.63) is 59.9 Å². The number of aromatic nitrogens is 4. The molecule has 1 atom stereocenters. The van der Waals surface area contributed by atoms with Gasteiger partial charge in [0, 0.05) is 24.3 Å². The Kier molecular flexibility index (Phi) is 8.70. The number of ether oxygens (including phenoxy) is 1. The number of nitrogens with one attached hydrogen (secondary N) is 1. The van der Waals surface area contributed by atoms with Crippen LogP contribution in [-0.4, -0.2) is 67.8 Å². The van der Waals surface area contributed by atoms with Gasteiger partial charge in [0.1, 0.15) is 24.2 Å². The SMILES string of the molecule is COc1ccc([C@H](C(=O)NC(C)(C)C)N(CCCO)C(=O)Cn2nnc(-c3ccc(F)cc3)n2)cc1. The van der Waals surface area contributed by atoms with E-state index in [2.05, 4.69) is 20.7 Å². The van der Waals surface area contributed by atoms with E-state index in [4.69, 9.17) is 4.74 Å². The normalized spacial score (nSPS) is 12.2. The molecule has 1 aromatic heterocycles. The summed E-state index contributed by atoms with van der Waals surface area (Å²) in [6.07, 6.45) is 0.271. The van der Waals surface area contributed by atoms with Crippen molar-refractivity contribution < 1.29 is 23.8 Å². The highest BCUT2D eigenvalue weighted by Crippen LogP contribution is 2.25. The van der Waals surface area contributed by atoms with Crippen molar-refractivity contribution in [2.24, 2.45) is 0 Å². The number of carbonyl (C=O) groups is 2. The number of amides is 2. The number of nitrogens with zero attached hydrogens (tertiary/aromatic N) is 5. The lowest BCUT2D eigenvalue weighted by atomic mass is 10.0. The Morgan fingerprint density at radius 3 is 2.39 bits per heavy atom. The van der Waals surface area contributed by atoms with Crippen molar-refractivity contribution in [3.63, 3.8) is 0 Å². The van der Waals surface area contributed by atoms with Crippen LogP contribution in [0.3, 0.4) is 0 Å². The number of hydrogen-bond acceptors (Lipinski definition) is 7. The summed E-state index contributed by atoms with van der Waals surface area (Å²) in [5.74, 6) is -0.336. The summed E-state index contributed by atoms with van der Waals surface area (Å²) < 4.78 is 18.5. The second-order valence-corrected chi connectivity index (χ2v) is 9.23. The fraction of sp³-hybridized carbons (Fsp3) is 0.400. The average molecular weight is 499 g/mol. The molecule has 192 valence electrons. The summed E-state index contributed by atoms with van der Waals surface area (Å²) in [6.45, 7) is 5.25. The number of halogens is 1. The number of tetrazole rings is 1. The molecule has 11 heteroatoms. The third-order valence-electron chi connectivity index (χ3n) is 5.20. The van der Waals surface area contributed by atoms with Crippen LogP contribution >= 0.6 is 0 Å². The minimum absolute atomic E-state index is 0.128. The Labute approximate surface area is 209 Å². The molecule has 1 heterocycles. The zero-order chi connectivity index (χ0) is 26.3. The molecule has 0 fully saturated rings. The lowest BCUT2D eigenvalue weighted by molar-refractivity contribution is -0.142. The number of methoxy groups -OCH3 is 1. The second kappa shape index (κ2) is 11.7. The van der Waals surface area contributed by atoms with Gasteiger partial charge < -0.3 is 20.1 Å². The highest BCUT2D eigenvalue weighted by molar-refractivity contribution is 5.89. The largest absolute Gasteiger partial charge is 0.497 e. The zero-order valence-electron chi connectivity index (χ0n) is 20.8. The molecule has 0 saturated heterocycles. The van der Waals surface area contributed by atoms with Crippen LogP contribution in [0, 0.1) is 5.82 Å². The van der Waals surface area contributed by atoms with Crippen LogP contribution in [0.4, 0.5) is 4.39 Å². The van der Waals surface area contributed by atoms with E-state index in [0.717, 1.165) is 4.80 Å². The first-order valence-electron chi connectivity index (χ1n) is 11.5.